The van der Waals surface area contributed by atoms with Crippen LogP contribution >= 0.6 is 0 Å². The van der Waals surface area contributed by atoms with Gasteiger partial charge in [0, 0.05) is 24.5 Å². The van der Waals surface area contributed by atoms with E-state index in [-0.39, 0.29) is 42.7 Å². The molecule has 0 amide bonds. The van der Waals surface area contributed by atoms with Crippen molar-refractivity contribution in [3.8, 4) is 28.7 Å². The lowest BCUT2D eigenvalue weighted by Crippen LogP contribution is -2.64. The van der Waals surface area contributed by atoms with Crippen molar-refractivity contribution in [2.24, 2.45) is 17.8 Å². The minimum absolute atomic E-state index is 0.0318. The number of benzene rings is 2. The van der Waals surface area contributed by atoms with Crippen LogP contribution in [0.5, 0.6) is 28.7 Å². The fourth-order valence-corrected chi connectivity index (χ4v) is 7.27. The maximum absolute atomic E-state index is 10.7. The van der Waals surface area contributed by atoms with Crippen LogP contribution in [0.4, 0.5) is 0 Å². The second-order valence-electron chi connectivity index (χ2n) is 13.2. The number of hydrogen-bond donors (Lipinski definition) is 8. The molecule has 51 heavy (non-hydrogen) atoms. The molecule has 2 aromatic carbocycles. The van der Waals surface area contributed by atoms with Gasteiger partial charge in [0.25, 0.3) is 0 Å². The fourth-order valence-electron chi connectivity index (χ4n) is 7.27. The molecule has 282 valence electrons. The van der Waals surface area contributed by atoms with E-state index in [4.69, 9.17) is 42.6 Å². The molecule has 3 saturated heterocycles. The molecule has 18 nitrogen and oxygen atoms in total. The molecule has 8 N–H and O–H groups in total. The Morgan fingerprint density at radius 3 is 2.29 bits per heavy atom. The maximum atomic E-state index is 10.7. The Bertz CT molecular complexity index is 1490. The van der Waals surface area contributed by atoms with Crippen LogP contribution in [0, 0.1) is 17.8 Å². The smallest absolute Gasteiger partial charge is 0.231 e. The summed E-state index contributed by atoms with van der Waals surface area (Å²) in [6.45, 7) is 0.447. The summed E-state index contributed by atoms with van der Waals surface area (Å²) in [5.41, 5.74) is 0.954. The molecule has 0 unspecified atom stereocenters. The molecule has 0 spiro atoms. The third-order valence-electron chi connectivity index (χ3n) is 10.2. The Morgan fingerprint density at radius 1 is 0.765 bits per heavy atom. The number of methoxy groups -OCH3 is 1. The van der Waals surface area contributed by atoms with Crippen LogP contribution < -0.4 is 23.7 Å². The molecule has 5 aliphatic rings. The summed E-state index contributed by atoms with van der Waals surface area (Å²) >= 11 is 0. The van der Waals surface area contributed by atoms with Crippen LogP contribution in [-0.4, -0.2) is 142 Å². The predicted octanol–water partition coefficient (Wildman–Crippen LogP) is -1.35. The van der Waals surface area contributed by atoms with Gasteiger partial charge >= 0.3 is 0 Å². The zero-order valence-corrected chi connectivity index (χ0v) is 27.3. The Kier molecular flexibility index (Phi) is 10.8. The lowest BCUT2D eigenvalue weighted by atomic mass is 9.81. The molecule has 4 aliphatic heterocycles. The number of hydrogen-bond acceptors (Lipinski definition) is 18. The highest BCUT2D eigenvalue weighted by Crippen LogP contribution is 2.47. The molecule has 7 rings (SSSR count). The predicted molar refractivity (Wildman–Crippen MR) is 164 cm³/mol. The van der Waals surface area contributed by atoms with Gasteiger partial charge in [-0.3, -0.25) is 0 Å². The summed E-state index contributed by atoms with van der Waals surface area (Å²) < 4.78 is 52.0. The SMILES string of the molecule is COc1cc(O[C@@H]2OC[C@H]3[C@@H]2CO[C@@H]3c2ccc3c(c2)OCO3)ccc1O[C@@H]1O[C@H]([C@@H](OO)O[C@@H]2C[C@H](CO)[C@@H](O)[C@H](O)[C@H]2O)[C@@H](O)[C@H](O)[C@H]1O. The molecule has 1 saturated carbocycles. The summed E-state index contributed by atoms with van der Waals surface area (Å²) in [4.78, 5) is 4.38. The van der Waals surface area contributed by atoms with Crippen molar-refractivity contribution in [3.05, 3.63) is 42.0 Å². The highest BCUT2D eigenvalue weighted by Gasteiger charge is 2.52. The van der Waals surface area contributed by atoms with Gasteiger partial charge in [-0.1, -0.05) is 6.07 Å². The molecule has 0 radical (unpaired) electrons. The molecule has 15 atom stereocenters. The first-order chi connectivity index (χ1) is 24.6. The van der Waals surface area contributed by atoms with Crippen LogP contribution in [0.25, 0.3) is 0 Å². The summed E-state index contributed by atoms with van der Waals surface area (Å²) in [6.07, 6.45) is -18.0. The standard InChI is InChI=1S/C33H42O18/c1-42-20-8-15(47-31-17-11-43-29(16(17)10-44-31)13-2-4-18-21(6-13)46-12-45-18)3-5-19(20)48-32-28(40)26(38)27(39)30(50-32)33(51-41)49-22-7-14(9-34)23(35)25(37)24(22)36/h2-6,8,14,16-17,22-41H,7,9-12H2,1H3/t14-,16+,17+,22-,23-,24+,25+,26+,27+,28-,29-,30+,31+,32-,33-/m1/s1. The van der Waals surface area contributed by atoms with Gasteiger partial charge in [-0.2, -0.15) is 0 Å². The van der Waals surface area contributed by atoms with Gasteiger partial charge in [0.1, 0.15) is 42.4 Å². The van der Waals surface area contributed by atoms with Crippen LogP contribution in [0.3, 0.4) is 0 Å². The first-order valence-electron chi connectivity index (χ1n) is 16.6. The number of aliphatic hydroxyl groups excluding tert-OH is 7. The zero-order valence-electron chi connectivity index (χ0n) is 27.3. The van der Waals surface area contributed by atoms with Gasteiger partial charge < -0.3 is 78.4 Å². The molecule has 0 aromatic heterocycles. The van der Waals surface area contributed by atoms with E-state index in [1.807, 2.05) is 18.2 Å². The number of aliphatic hydroxyl groups is 7. The molecular weight excluding hydrogens is 684 g/mol. The topological polar surface area (TPSA) is 254 Å². The minimum Gasteiger partial charge on any atom is -0.493 e. The Morgan fingerprint density at radius 2 is 1.53 bits per heavy atom. The van der Waals surface area contributed by atoms with Crippen molar-refractivity contribution in [3.63, 3.8) is 0 Å². The van der Waals surface area contributed by atoms with E-state index < -0.39 is 80.2 Å². The van der Waals surface area contributed by atoms with Gasteiger partial charge in [-0.15, -0.1) is 0 Å². The molecule has 1 aliphatic carbocycles. The highest BCUT2D eigenvalue weighted by molar-refractivity contribution is 5.46. The van der Waals surface area contributed by atoms with Crippen LogP contribution in [0.1, 0.15) is 18.1 Å². The third kappa shape index (κ3) is 6.93. The van der Waals surface area contributed by atoms with E-state index >= 15 is 0 Å². The van der Waals surface area contributed by atoms with E-state index in [0.717, 1.165) is 5.56 Å². The number of ether oxygens (including phenoxy) is 9. The molecule has 4 heterocycles. The van der Waals surface area contributed by atoms with Gasteiger partial charge in [-0.05, 0) is 36.2 Å². The van der Waals surface area contributed by atoms with Gasteiger partial charge in [0.2, 0.25) is 25.7 Å². The first kappa shape index (κ1) is 36.3. The van der Waals surface area contributed by atoms with Gasteiger partial charge in [0.05, 0.1) is 44.6 Å². The summed E-state index contributed by atoms with van der Waals surface area (Å²) in [5, 5.41) is 82.1. The fraction of sp³-hybridized carbons (Fsp3) is 0.636. The molecule has 4 fully saturated rings. The molecule has 2 aromatic rings. The summed E-state index contributed by atoms with van der Waals surface area (Å²) in [6, 6.07) is 10.3. The first-order valence-corrected chi connectivity index (χ1v) is 16.6. The molecule has 18 heteroatoms. The second kappa shape index (κ2) is 15.1. The average Bonchev–Trinajstić information content (AvgIpc) is 3.89. The Hall–Kier alpha value is -3.08. The zero-order chi connectivity index (χ0) is 36.0. The largest absolute Gasteiger partial charge is 0.493 e. The van der Waals surface area contributed by atoms with E-state index in [9.17, 15) is 41.0 Å². The highest BCUT2D eigenvalue weighted by atomic mass is 17.1. The Balaban J connectivity index is 1.01. The Labute approximate surface area is 291 Å². The van der Waals surface area contributed by atoms with E-state index in [1.54, 1.807) is 6.07 Å². The van der Waals surface area contributed by atoms with Crippen LogP contribution in [-0.2, 0) is 23.8 Å². The lowest BCUT2D eigenvalue weighted by molar-refractivity contribution is -0.412. The molecule has 0 bridgehead atoms. The van der Waals surface area contributed by atoms with Crippen molar-refractivity contribution in [2.45, 2.75) is 80.2 Å². The van der Waals surface area contributed by atoms with Crippen molar-refractivity contribution in [1.29, 1.82) is 0 Å². The third-order valence-corrected chi connectivity index (χ3v) is 10.2. The van der Waals surface area contributed by atoms with Crippen molar-refractivity contribution in [2.75, 3.05) is 33.7 Å². The van der Waals surface area contributed by atoms with Gasteiger partial charge in [-0.25, -0.2) is 10.1 Å². The molecular formula is C33H42O18. The van der Waals surface area contributed by atoms with E-state index in [2.05, 4.69) is 4.89 Å². The van der Waals surface area contributed by atoms with Gasteiger partial charge in [0.15, 0.2) is 23.0 Å². The van der Waals surface area contributed by atoms with Crippen LogP contribution in [0.2, 0.25) is 0 Å². The summed E-state index contributed by atoms with van der Waals surface area (Å²) in [5.74, 6) is 0.989. The average molecular weight is 727 g/mol. The normalized spacial score (nSPS) is 39.4. The number of rotatable bonds is 11. The van der Waals surface area contributed by atoms with Crippen molar-refractivity contribution < 1.29 is 88.5 Å². The maximum Gasteiger partial charge on any atom is 0.231 e. The van der Waals surface area contributed by atoms with E-state index in [1.165, 1.54) is 19.2 Å². The van der Waals surface area contributed by atoms with Crippen LogP contribution in [0.15, 0.2) is 36.4 Å². The van der Waals surface area contributed by atoms with Crippen molar-refractivity contribution in [1.82, 2.24) is 0 Å². The lowest BCUT2D eigenvalue weighted by Gasteiger charge is -2.44. The number of fused-ring (bicyclic) bond motifs is 2. The monoisotopic (exact) mass is 726 g/mol. The van der Waals surface area contributed by atoms with Crippen molar-refractivity contribution >= 4 is 0 Å². The second-order valence-corrected chi connectivity index (χ2v) is 13.2. The van der Waals surface area contributed by atoms with E-state index in [0.29, 0.717) is 30.5 Å². The summed E-state index contributed by atoms with van der Waals surface area (Å²) in [7, 11) is 1.37. The minimum atomic E-state index is -1.90. The quantitative estimate of drug-likeness (QED) is 0.0756.